The molecule has 1 N–H and O–H groups in total. The molecular formula is C18H22N2O5S. The normalized spacial score (nSPS) is 22.5. The third kappa shape index (κ3) is 4.19. The molecule has 3 heterocycles. The minimum absolute atomic E-state index is 0.0507. The highest BCUT2D eigenvalue weighted by atomic mass is 32.2. The number of hydrogen-bond donors (Lipinski definition) is 1. The van der Waals surface area contributed by atoms with Crippen molar-refractivity contribution in [3.63, 3.8) is 0 Å². The van der Waals surface area contributed by atoms with Gasteiger partial charge in [-0.05, 0) is 49.6 Å². The standard InChI is InChI=1S/C18H22N2O5S/c21-10-7-13-4-1-2-8-19(13)16(22)6-9-20-17(23)15(26-18(20)24)12-14-5-3-11-25-14/h3,5,11-13,21H,1-2,4,6-10H2. The molecule has 0 saturated carbocycles. The van der Waals surface area contributed by atoms with E-state index in [1.54, 1.807) is 17.0 Å². The first-order valence-electron chi connectivity index (χ1n) is 8.79. The Hall–Kier alpha value is -2.06. The number of rotatable bonds is 6. The molecule has 0 spiro atoms. The van der Waals surface area contributed by atoms with Gasteiger partial charge in [-0.2, -0.15) is 0 Å². The summed E-state index contributed by atoms with van der Waals surface area (Å²) in [4.78, 5) is 40.3. The largest absolute Gasteiger partial charge is 0.465 e. The number of aliphatic hydroxyl groups excluding tert-OH is 1. The zero-order valence-electron chi connectivity index (χ0n) is 14.4. The fraction of sp³-hybridized carbons (Fsp3) is 0.500. The van der Waals surface area contributed by atoms with Crippen LogP contribution in [0.15, 0.2) is 27.7 Å². The Labute approximate surface area is 156 Å². The van der Waals surface area contributed by atoms with E-state index >= 15 is 0 Å². The molecule has 26 heavy (non-hydrogen) atoms. The summed E-state index contributed by atoms with van der Waals surface area (Å²) in [5.74, 6) is 0.0405. The zero-order chi connectivity index (χ0) is 18.5. The Morgan fingerprint density at radius 3 is 2.96 bits per heavy atom. The summed E-state index contributed by atoms with van der Waals surface area (Å²) in [5.41, 5.74) is 0. The van der Waals surface area contributed by atoms with Gasteiger partial charge in [0.15, 0.2) is 0 Å². The topological polar surface area (TPSA) is 91.1 Å². The summed E-state index contributed by atoms with van der Waals surface area (Å²) in [7, 11) is 0. The number of piperidine rings is 1. The summed E-state index contributed by atoms with van der Waals surface area (Å²) in [6, 6.07) is 3.46. The van der Waals surface area contributed by atoms with Crippen molar-refractivity contribution in [2.45, 2.75) is 38.1 Å². The summed E-state index contributed by atoms with van der Waals surface area (Å²) in [6.07, 6.45) is 6.59. The van der Waals surface area contributed by atoms with Gasteiger partial charge >= 0.3 is 0 Å². The first kappa shape index (κ1) is 18.7. The maximum atomic E-state index is 12.5. The van der Waals surface area contributed by atoms with Crippen LogP contribution in [0.25, 0.3) is 6.08 Å². The number of imide groups is 1. The van der Waals surface area contributed by atoms with Crippen LogP contribution < -0.4 is 0 Å². The number of hydrogen-bond acceptors (Lipinski definition) is 6. The van der Waals surface area contributed by atoms with Gasteiger partial charge in [-0.3, -0.25) is 19.3 Å². The summed E-state index contributed by atoms with van der Waals surface area (Å²) in [5, 5.41) is 8.80. The predicted molar refractivity (Wildman–Crippen MR) is 97.1 cm³/mol. The molecule has 1 aromatic heterocycles. The van der Waals surface area contributed by atoms with Crippen molar-refractivity contribution in [3.05, 3.63) is 29.1 Å². The van der Waals surface area contributed by atoms with Crippen molar-refractivity contribution in [2.24, 2.45) is 0 Å². The molecule has 0 aromatic carbocycles. The van der Waals surface area contributed by atoms with Crippen LogP contribution >= 0.6 is 11.8 Å². The highest BCUT2D eigenvalue weighted by Gasteiger charge is 2.36. The first-order chi connectivity index (χ1) is 12.6. The van der Waals surface area contributed by atoms with Gasteiger partial charge in [0.2, 0.25) is 5.91 Å². The van der Waals surface area contributed by atoms with Gasteiger partial charge in [0, 0.05) is 38.2 Å². The molecule has 2 saturated heterocycles. The number of likely N-dealkylation sites (tertiary alicyclic amines) is 1. The molecule has 1 atom stereocenters. The van der Waals surface area contributed by atoms with Crippen LogP contribution in [0.3, 0.4) is 0 Å². The van der Waals surface area contributed by atoms with E-state index in [-0.39, 0.29) is 36.8 Å². The Kier molecular flexibility index (Phi) is 6.16. The molecular weight excluding hydrogens is 356 g/mol. The molecule has 0 radical (unpaired) electrons. The highest BCUT2D eigenvalue weighted by Crippen LogP contribution is 2.32. The molecule has 2 aliphatic rings. The van der Waals surface area contributed by atoms with Gasteiger partial charge in [-0.15, -0.1) is 0 Å². The van der Waals surface area contributed by atoms with E-state index in [1.807, 2.05) is 0 Å². The smallest absolute Gasteiger partial charge is 0.293 e. The molecule has 3 rings (SSSR count). The van der Waals surface area contributed by atoms with Crippen LogP contribution in [0, 0.1) is 0 Å². The molecule has 1 unspecified atom stereocenters. The Morgan fingerprint density at radius 1 is 1.38 bits per heavy atom. The lowest BCUT2D eigenvalue weighted by Crippen LogP contribution is -2.45. The monoisotopic (exact) mass is 378 g/mol. The van der Waals surface area contributed by atoms with Crippen molar-refractivity contribution >= 4 is 34.9 Å². The van der Waals surface area contributed by atoms with Gasteiger partial charge in [0.1, 0.15) is 5.76 Å². The Balaban J connectivity index is 1.59. The average Bonchev–Trinajstić information content (AvgIpc) is 3.23. The maximum Gasteiger partial charge on any atom is 0.293 e. The zero-order valence-corrected chi connectivity index (χ0v) is 15.2. The second kappa shape index (κ2) is 8.55. The van der Waals surface area contributed by atoms with Gasteiger partial charge in [0.05, 0.1) is 11.2 Å². The summed E-state index contributed by atoms with van der Waals surface area (Å²) >= 11 is 0.857. The number of amides is 3. The predicted octanol–water partition coefficient (Wildman–Crippen LogP) is 2.47. The van der Waals surface area contributed by atoms with Crippen LogP contribution in [-0.2, 0) is 9.59 Å². The number of furan rings is 1. The SMILES string of the molecule is O=C1SC(=Cc2ccco2)C(=O)N1CCC(=O)N1CCCCC1CCO. The van der Waals surface area contributed by atoms with Crippen LogP contribution in [0.5, 0.6) is 0 Å². The molecule has 2 aliphatic heterocycles. The molecule has 140 valence electrons. The number of thioether (sulfide) groups is 1. The second-order valence-electron chi connectivity index (χ2n) is 6.35. The molecule has 1 aromatic rings. The minimum atomic E-state index is -0.394. The van der Waals surface area contributed by atoms with E-state index in [4.69, 9.17) is 4.42 Å². The minimum Gasteiger partial charge on any atom is -0.465 e. The molecule has 8 heteroatoms. The maximum absolute atomic E-state index is 12.5. The van der Waals surface area contributed by atoms with Crippen LogP contribution in [0.2, 0.25) is 0 Å². The first-order valence-corrected chi connectivity index (χ1v) is 9.61. The van der Waals surface area contributed by atoms with Crippen molar-refractivity contribution in [1.82, 2.24) is 9.80 Å². The number of carbonyl (C=O) groups excluding carboxylic acids is 3. The van der Waals surface area contributed by atoms with Gasteiger partial charge in [-0.25, -0.2) is 0 Å². The molecule has 7 nitrogen and oxygen atoms in total. The van der Waals surface area contributed by atoms with Crippen LogP contribution in [0.4, 0.5) is 4.79 Å². The molecule has 0 bridgehead atoms. The molecule has 3 amide bonds. The lowest BCUT2D eigenvalue weighted by atomic mass is 9.99. The highest BCUT2D eigenvalue weighted by molar-refractivity contribution is 8.18. The van der Waals surface area contributed by atoms with Gasteiger partial charge in [0.25, 0.3) is 11.1 Å². The third-order valence-corrected chi connectivity index (χ3v) is 5.56. The van der Waals surface area contributed by atoms with E-state index in [0.717, 1.165) is 35.9 Å². The Bertz CT molecular complexity index is 698. The second-order valence-corrected chi connectivity index (χ2v) is 7.34. The average molecular weight is 378 g/mol. The van der Waals surface area contributed by atoms with Crippen molar-refractivity contribution in [1.29, 1.82) is 0 Å². The fourth-order valence-corrected chi connectivity index (χ4v) is 4.17. The van der Waals surface area contributed by atoms with Gasteiger partial charge < -0.3 is 14.4 Å². The van der Waals surface area contributed by atoms with E-state index in [2.05, 4.69) is 0 Å². The van der Waals surface area contributed by atoms with Crippen LogP contribution in [0.1, 0.15) is 37.9 Å². The number of carbonyl (C=O) groups is 3. The van der Waals surface area contributed by atoms with E-state index in [1.165, 1.54) is 12.3 Å². The molecule has 0 aliphatic carbocycles. The van der Waals surface area contributed by atoms with Crippen molar-refractivity contribution < 1.29 is 23.9 Å². The lowest BCUT2D eigenvalue weighted by Gasteiger charge is -2.36. The van der Waals surface area contributed by atoms with Gasteiger partial charge in [-0.1, -0.05) is 0 Å². The van der Waals surface area contributed by atoms with E-state index in [0.29, 0.717) is 23.6 Å². The quantitative estimate of drug-likeness (QED) is 0.765. The van der Waals surface area contributed by atoms with E-state index < -0.39 is 5.91 Å². The lowest BCUT2D eigenvalue weighted by molar-refractivity contribution is -0.135. The number of aliphatic hydroxyl groups is 1. The van der Waals surface area contributed by atoms with E-state index in [9.17, 15) is 19.5 Å². The van der Waals surface area contributed by atoms with Crippen LogP contribution in [-0.4, -0.2) is 57.7 Å². The number of nitrogens with zero attached hydrogens (tertiary/aromatic N) is 2. The fourth-order valence-electron chi connectivity index (χ4n) is 3.32. The third-order valence-electron chi connectivity index (χ3n) is 4.65. The Morgan fingerprint density at radius 2 is 2.23 bits per heavy atom. The summed E-state index contributed by atoms with van der Waals surface area (Å²) < 4.78 is 5.17. The molecule has 2 fully saturated rings. The van der Waals surface area contributed by atoms with Crippen molar-refractivity contribution in [2.75, 3.05) is 19.7 Å². The van der Waals surface area contributed by atoms with Crippen molar-refractivity contribution in [3.8, 4) is 0 Å². The summed E-state index contributed by atoms with van der Waals surface area (Å²) in [6.45, 7) is 0.792.